The zero-order valence-electron chi connectivity index (χ0n) is 11.8. The summed E-state index contributed by atoms with van der Waals surface area (Å²) in [6.45, 7) is 3.47. The highest BCUT2D eigenvalue weighted by molar-refractivity contribution is 7.98. The lowest BCUT2D eigenvalue weighted by Crippen LogP contribution is -2.26. The topological polar surface area (TPSA) is 58.2 Å². The number of sulfonamides is 1. The van der Waals surface area contributed by atoms with Crippen molar-refractivity contribution in [3.05, 3.63) is 29.6 Å². The second kappa shape index (κ2) is 8.61. The third-order valence-electron chi connectivity index (χ3n) is 2.67. The van der Waals surface area contributed by atoms with Gasteiger partial charge < -0.3 is 5.32 Å². The highest BCUT2D eigenvalue weighted by atomic mass is 32.2. The lowest BCUT2D eigenvalue weighted by Gasteiger charge is -2.09. The van der Waals surface area contributed by atoms with E-state index in [1.54, 1.807) is 11.8 Å². The molecular weight excluding hydrogens is 299 g/mol. The van der Waals surface area contributed by atoms with E-state index in [-0.39, 0.29) is 4.90 Å². The molecular formula is C13H21FN2O2S2. The van der Waals surface area contributed by atoms with Crippen molar-refractivity contribution in [3.63, 3.8) is 0 Å². The third-order valence-corrected chi connectivity index (χ3v) is 4.74. The molecule has 1 rings (SSSR count). The molecule has 114 valence electrons. The Bertz CT molecular complexity index is 521. The molecule has 0 aromatic heterocycles. The fourth-order valence-electron chi connectivity index (χ4n) is 1.61. The summed E-state index contributed by atoms with van der Waals surface area (Å²) in [7, 11) is -3.56. The number of benzene rings is 1. The molecule has 1 aromatic rings. The fourth-order valence-corrected chi connectivity index (χ4v) is 3.13. The minimum absolute atomic E-state index is 0.105. The van der Waals surface area contributed by atoms with Crippen LogP contribution in [0.25, 0.3) is 0 Å². The van der Waals surface area contributed by atoms with Gasteiger partial charge in [-0.2, -0.15) is 11.8 Å². The molecule has 0 unspecified atom stereocenters. The quantitative estimate of drug-likeness (QED) is 0.683. The van der Waals surface area contributed by atoms with Gasteiger partial charge in [-0.25, -0.2) is 17.5 Å². The van der Waals surface area contributed by atoms with Crippen molar-refractivity contribution in [2.45, 2.75) is 24.8 Å². The van der Waals surface area contributed by atoms with Gasteiger partial charge in [-0.05, 0) is 37.4 Å². The maximum absolute atomic E-state index is 13.6. The SMILES string of the molecule is CCCNCc1cc(S(=O)(=O)NCCSC)ccc1F. The van der Waals surface area contributed by atoms with Crippen LogP contribution in [-0.2, 0) is 16.6 Å². The smallest absolute Gasteiger partial charge is 0.240 e. The van der Waals surface area contributed by atoms with Crippen molar-refractivity contribution in [3.8, 4) is 0 Å². The molecule has 0 saturated heterocycles. The Kier molecular flexibility index (Phi) is 7.50. The molecule has 0 heterocycles. The van der Waals surface area contributed by atoms with Gasteiger partial charge in [0.1, 0.15) is 5.82 Å². The molecule has 0 aliphatic carbocycles. The van der Waals surface area contributed by atoms with Crippen molar-refractivity contribution < 1.29 is 12.8 Å². The molecule has 0 atom stereocenters. The van der Waals surface area contributed by atoms with E-state index in [1.165, 1.54) is 18.2 Å². The predicted octanol–water partition coefficient (Wildman–Crippen LogP) is 1.97. The van der Waals surface area contributed by atoms with Crippen molar-refractivity contribution in [2.24, 2.45) is 0 Å². The van der Waals surface area contributed by atoms with Crippen molar-refractivity contribution in [1.82, 2.24) is 10.0 Å². The maximum Gasteiger partial charge on any atom is 0.240 e. The van der Waals surface area contributed by atoms with Gasteiger partial charge in [-0.15, -0.1) is 0 Å². The normalized spacial score (nSPS) is 11.8. The first-order valence-electron chi connectivity index (χ1n) is 6.49. The minimum Gasteiger partial charge on any atom is -0.313 e. The van der Waals surface area contributed by atoms with Crippen LogP contribution in [-0.4, -0.2) is 33.5 Å². The lowest BCUT2D eigenvalue weighted by molar-refractivity contribution is 0.575. The average molecular weight is 320 g/mol. The van der Waals surface area contributed by atoms with E-state index in [2.05, 4.69) is 10.0 Å². The summed E-state index contributed by atoms with van der Waals surface area (Å²) >= 11 is 1.56. The van der Waals surface area contributed by atoms with Gasteiger partial charge in [0.2, 0.25) is 10.0 Å². The zero-order valence-corrected chi connectivity index (χ0v) is 13.4. The van der Waals surface area contributed by atoms with Gasteiger partial charge in [0, 0.05) is 24.4 Å². The van der Waals surface area contributed by atoms with Crippen LogP contribution in [0.3, 0.4) is 0 Å². The van der Waals surface area contributed by atoms with Crippen LogP contribution >= 0.6 is 11.8 Å². The van der Waals surface area contributed by atoms with Gasteiger partial charge in [0.15, 0.2) is 0 Å². The Morgan fingerprint density at radius 3 is 2.70 bits per heavy atom. The van der Waals surface area contributed by atoms with E-state index in [0.717, 1.165) is 13.0 Å². The second-order valence-electron chi connectivity index (χ2n) is 4.32. The van der Waals surface area contributed by atoms with Crippen LogP contribution in [0.4, 0.5) is 4.39 Å². The summed E-state index contributed by atoms with van der Waals surface area (Å²) in [5.41, 5.74) is 0.367. The summed E-state index contributed by atoms with van der Waals surface area (Å²) in [4.78, 5) is 0.105. The molecule has 0 saturated carbocycles. The van der Waals surface area contributed by atoms with Crippen LogP contribution in [0, 0.1) is 5.82 Å². The summed E-state index contributed by atoms with van der Waals surface area (Å²) in [6, 6.07) is 3.88. The van der Waals surface area contributed by atoms with Crippen LogP contribution < -0.4 is 10.0 Å². The van der Waals surface area contributed by atoms with Crippen LogP contribution in [0.15, 0.2) is 23.1 Å². The van der Waals surface area contributed by atoms with E-state index in [1.807, 2.05) is 13.2 Å². The molecule has 1 aromatic carbocycles. The van der Waals surface area contributed by atoms with E-state index >= 15 is 0 Å². The zero-order chi connectivity index (χ0) is 15.0. The summed E-state index contributed by atoms with van der Waals surface area (Å²) in [5.74, 6) is 0.308. The number of rotatable bonds is 9. The van der Waals surface area contributed by atoms with Gasteiger partial charge in [-0.1, -0.05) is 6.92 Å². The molecule has 0 amide bonds. The molecule has 4 nitrogen and oxygen atoms in total. The second-order valence-corrected chi connectivity index (χ2v) is 7.07. The maximum atomic E-state index is 13.6. The van der Waals surface area contributed by atoms with Gasteiger partial charge in [0.25, 0.3) is 0 Å². The Hall–Kier alpha value is -0.630. The van der Waals surface area contributed by atoms with Gasteiger partial charge in [0.05, 0.1) is 4.90 Å². The lowest BCUT2D eigenvalue weighted by atomic mass is 10.2. The third kappa shape index (κ3) is 5.40. The Morgan fingerprint density at radius 2 is 2.05 bits per heavy atom. The van der Waals surface area contributed by atoms with Gasteiger partial charge >= 0.3 is 0 Å². The first-order chi connectivity index (χ1) is 9.51. The van der Waals surface area contributed by atoms with E-state index < -0.39 is 15.8 Å². The number of hydrogen-bond acceptors (Lipinski definition) is 4. The van der Waals surface area contributed by atoms with Crippen molar-refractivity contribution >= 4 is 21.8 Å². The highest BCUT2D eigenvalue weighted by Gasteiger charge is 2.15. The average Bonchev–Trinajstić information content (AvgIpc) is 2.41. The molecule has 0 radical (unpaired) electrons. The van der Waals surface area contributed by atoms with Gasteiger partial charge in [-0.3, -0.25) is 0 Å². The Morgan fingerprint density at radius 1 is 1.30 bits per heavy atom. The fraction of sp³-hybridized carbons (Fsp3) is 0.538. The first-order valence-corrected chi connectivity index (χ1v) is 9.36. The largest absolute Gasteiger partial charge is 0.313 e. The monoisotopic (exact) mass is 320 g/mol. The number of hydrogen-bond donors (Lipinski definition) is 2. The minimum atomic E-state index is -3.56. The van der Waals surface area contributed by atoms with Crippen molar-refractivity contribution in [1.29, 1.82) is 0 Å². The Labute approximate surface area is 124 Å². The standard InChI is InChI=1S/C13H21FN2O2S2/c1-3-6-15-10-11-9-12(4-5-13(11)14)20(17,18)16-7-8-19-2/h4-5,9,15-16H,3,6-8,10H2,1-2H3. The number of nitrogens with one attached hydrogen (secondary N) is 2. The van der Waals surface area contributed by atoms with Crippen LogP contribution in [0.5, 0.6) is 0 Å². The molecule has 0 aliphatic rings. The van der Waals surface area contributed by atoms with E-state index in [0.29, 0.717) is 24.4 Å². The molecule has 20 heavy (non-hydrogen) atoms. The predicted molar refractivity (Wildman–Crippen MR) is 82.0 cm³/mol. The molecule has 2 N–H and O–H groups in total. The Balaban J connectivity index is 2.82. The van der Waals surface area contributed by atoms with Crippen LogP contribution in [0.1, 0.15) is 18.9 Å². The van der Waals surface area contributed by atoms with Crippen LogP contribution in [0.2, 0.25) is 0 Å². The number of thioether (sulfide) groups is 1. The van der Waals surface area contributed by atoms with Crippen molar-refractivity contribution in [2.75, 3.05) is 25.1 Å². The highest BCUT2D eigenvalue weighted by Crippen LogP contribution is 2.15. The first kappa shape index (κ1) is 17.4. The molecule has 0 spiro atoms. The molecule has 0 fully saturated rings. The summed E-state index contributed by atoms with van der Waals surface area (Å²) < 4.78 is 40.2. The van der Waals surface area contributed by atoms with E-state index in [4.69, 9.17) is 0 Å². The molecule has 7 heteroatoms. The summed E-state index contributed by atoms with van der Waals surface area (Å²) in [6.07, 6.45) is 2.85. The molecule has 0 aliphatic heterocycles. The summed E-state index contributed by atoms with van der Waals surface area (Å²) in [5, 5.41) is 3.06. The number of halogens is 1. The van der Waals surface area contributed by atoms with E-state index in [9.17, 15) is 12.8 Å². The molecule has 0 bridgehead atoms.